The number of benzene rings is 3. The predicted molar refractivity (Wildman–Crippen MR) is 130 cm³/mol. The minimum absolute atomic E-state index is 0.0538. The molecule has 1 N–H and O–H groups in total. The van der Waals surface area contributed by atoms with Crippen molar-refractivity contribution in [2.24, 2.45) is 7.05 Å². The second kappa shape index (κ2) is 10.9. The van der Waals surface area contributed by atoms with Crippen LogP contribution in [0.4, 0.5) is 27.6 Å². The first-order valence-electron chi connectivity index (χ1n) is 11.1. The van der Waals surface area contributed by atoms with Gasteiger partial charge in [0.15, 0.2) is 0 Å². The number of ether oxygens (including phenoxy) is 3. The van der Waals surface area contributed by atoms with E-state index in [2.05, 4.69) is 10.1 Å². The first-order chi connectivity index (χ1) is 18.5. The summed E-state index contributed by atoms with van der Waals surface area (Å²) in [6.45, 7) is -3.08. The van der Waals surface area contributed by atoms with Crippen LogP contribution < -0.4 is 25.1 Å². The number of amides is 1. The van der Waals surface area contributed by atoms with Crippen LogP contribution in [0.25, 0.3) is 16.9 Å². The lowest BCUT2D eigenvalue weighted by Crippen LogP contribution is -2.23. The van der Waals surface area contributed by atoms with Gasteiger partial charge < -0.3 is 19.5 Å². The Morgan fingerprint density at radius 2 is 1.46 bits per heavy atom. The van der Waals surface area contributed by atoms with E-state index in [0.717, 1.165) is 57.9 Å². The lowest BCUT2D eigenvalue weighted by molar-refractivity contribution is -0.0498. The molecule has 13 heteroatoms. The molecular formula is C26H20F5N3O5. The average Bonchev–Trinajstić information content (AvgIpc) is 3.12. The van der Waals surface area contributed by atoms with Gasteiger partial charge >= 0.3 is 6.61 Å². The van der Waals surface area contributed by atoms with Gasteiger partial charge in [0, 0.05) is 36.9 Å². The van der Waals surface area contributed by atoms with Crippen molar-refractivity contribution in [1.29, 1.82) is 0 Å². The molecule has 0 fully saturated rings. The number of hydrogen-bond acceptors (Lipinski definition) is 5. The van der Waals surface area contributed by atoms with Crippen LogP contribution in [-0.2, 0) is 7.05 Å². The lowest BCUT2D eigenvalue weighted by atomic mass is 10.1. The molecule has 0 aliphatic carbocycles. The Labute approximate surface area is 217 Å². The minimum atomic E-state index is -3.08. The zero-order valence-corrected chi connectivity index (χ0v) is 20.6. The highest BCUT2D eigenvalue weighted by atomic mass is 19.3. The fourth-order valence-electron chi connectivity index (χ4n) is 3.95. The summed E-state index contributed by atoms with van der Waals surface area (Å²) in [4.78, 5) is 26.6. The molecule has 4 aromatic rings. The van der Waals surface area contributed by atoms with Crippen LogP contribution in [0.5, 0.6) is 17.2 Å². The monoisotopic (exact) mass is 549 g/mol. The number of nitrogens with one attached hydrogen (secondary N) is 1. The second-order valence-electron chi connectivity index (χ2n) is 8.04. The maximum atomic E-state index is 15.2. The Morgan fingerprint density at radius 3 is 2.03 bits per heavy atom. The van der Waals surface area contributed by atoms with Crippen molar-refractivity contribution in [1.82, 2.24) is 9.36 Å². The fourth-order valence-corrected chi connectivity index (χ4v) is 3.95. The third-order valence-corrected chi connectivity index (χ3v) is 5.67. The fraction of sp³-hybridized carbons (Fsp3) is 0.154. The number of halogens is 5. The van der Waals surface area contributed by atoms with Crippen molar-refractivity contribution in [2.75, 3.05) is 19.5 Å². The molecule has 4 rings (SSSR count). The van der Waals surface area contributed by atoms with E-state index >= 15 is 8.78 Å². The van der Waals surface area contributed by atoms with Gasteiger partial charge in [0.2, 0.25) is 0 Å². The summed E-state index contributed by atoms with van der Waals surface area (Å²) in [5, 5.41) is 2.34. The van der Waals surface area contributed by atoms with E-state index in [0.29, 0.717) is 0 Å². The van der Waals surface area contributed by atoms with Crippen molar-refractivity contribution in [3.8, 4) is 34.2 Å². The molecular weight excluding hydrogens is 529 g/mol. The third-order valence-electron chi connectivity index (χ3n) is 5.67. The number of methoxy groups -OCH3 is 2. The smallest absolute Gasteiger partial charge is 0.387 e. The van der Waals surface area contributed by atoms with Crippen molar-refractivity contribution in [3.63, 3.8) is 0 Å². The third kappa shape index (κ3) is 5.42. The zero-order chi connectivity index (χ0) is 28.4. The minimum Gasteiger partial charge on any atom is -0.497 e. The number of hydrogen-bond donors (Lipinski definition) is 1. The average molecular weight is 549 g/mol. The first-order valence-corrected chi connectivity index (χ1v) is 11.1. The first kappa shape index (κ1) is 27.2. The molecule has 0 unspecified atom stereocenters. The largest absolute Gasteiger partial charge is 0.497 e. The predicted octanol–water partition coefficient (Wildman–Crippen LogP) is 5.13. The summed E-state index contributed by atoms with van der Waals surface area (Å²) in [6, 6.07) is 9.65. The zero-order valence-electron chi connectivity index (χ0n) is 20.6. The Kier molecular flexibility index (Phi) is 7.61. The number of anilines is 1. The molecule has 3 aromatic carbocycles. The molecule has 1 amide bonds. The quantitative estimate of drug-likeness (QED) is 0.308. The van der Waals surface area contributed by atoms with Crippen LogP contribution in [0.1, 0.15) is 10.4 Å². The van der Waals surface area contributed by atoms with Gasteiger partial charge in [-0.1, -0.05) is 0 Å². The molecule has 39 heavy (non-hydrogen) atoms. The molecule has 0 aliphatic rings. The second-order valence-corrected chi connectivity index (χ2v) is 8.04. The molecule has 0 radical (unpaired) electrons. The maximum absolute atomic E-state index is 15.2. The highest BCUT2D eigenvalue weighted by Gasteiger charge is 2.28. The SMILES string of the molecule is COc1cc(F)cc(-n2c(=O)c(NC(=O)c3ccc(OC(F)F)cc3)c(-c3c(F)cc(OC)cc3F)n2C)c1. The molecule has 1 heterocycles. The van der Waals surface area contributed by atoms with Crippen molar-refractivity contribution >= 4 is 11.6 Å². The molecule has 0 bridgehead atoms. The highest BCUT2D eigenvalue weighted by molar-refractivity contribution is 6.06. The number of aromatic nitrogens is 2. The van der Waals surface area contributed by atoms with Crippen LogP contribution >= 0.6 is 0 Å². The van der Waals surface area contributed by atoms with Gasteiger partial charge in [-0.15, -0.1) is 0 Å². The van der Waals surface area contributed by atoms with Crippen LogP contribution in [0.2, 0.25) is 0 Å². The summed E-state index contributed by atoms with van der Waals surface area (Å²) >= 11 is 0. The Bertz CT molecular complexity index is 1580. The van der Waals surface area contributed by atoms with E-state index in [1.165, 1.54) is 27.3 Å². The molecule has 8 nitrogen and oxygen atoms in total. The molecule has 0 atom stereocenters. The summed E-state index contributed by atoms with van der Waals surface area (Å²) < 4.78 is 85.6. The van der Waals surface area contributed by atoms with Gasteiger partial charge in [-0.2, -0.15) is 8.78 Å². The van der Waals surface area contributed by atoms with Crippen LogP contribution in [-0.4, -0.2) is 36.1 Å². The van der Waals surface area contributed by atoms with Gasteiger partial charge in [-0.05, 0) is 30.3 Å². The van der Waals surface area contributed by atoms with Crippen LogP contribution in [0.15, 0.2) is 59.4 Å². The van der Waals surface area contributed by atoms with Gasteiger partial charge in [-0.3, -0.25) is 14.3 Å². The number of nitrogens with zero attached hydrogens (tertiary/aromatic N) is 2. The Hall–Kier alpha value is -4.81. The Balaban J connectivity index is 1.90. The van der Waals surface area contributed by atoms with Gasteiger partial charge in [-0.25, -0.2) is 17.9 Å². The van der Waals surface area contributed by atoms with E-state index < -0.39 is 46.8 Å². The van der Waals surface area contributed by atoms with E-state index in [9.17, 15) is 22.8 Å². The lowest BCUT2D eigenvalue weighted by Gasteiger charge is -2.13. The summed E-state index contributed by atoms with van der Waals surface area (Å²) in [5.41, 5.74) is -2.70. The number of carbonyl (C=O) groups excluding carboxylic acids is 1. The van der Waals surface area contributed by atoms with Gasteiger partial charge in [0.25, 0.3) is 11.5 Å². The van der Waals surface area contributed by atoms with Crippen molar-refractivity contribution in [2.45, 2.75) is 6.61 Å². The number of alkyl halides is 2. The van der Waals surface area contributed by atoms with Gasteiger partial charge in [0.1, 0.15) is 46.1 Å². The van der Waals surface area contributed by atoms with E-state index in [-0.39, 0.29) is 34.2 Å². The maximum Gasteiger partial charge on any atom is 0.387 e. The normalized spacial score (nSPS) is 11.0. The standard InChI is InChI=1S/C26H20F5N3O5/c1-33-23(21-19(28)11-18(38-3)12-20(21)29)22(25(36)34(33)15-8-14(27)9-17(10-15)37-2)32-24(35)13-4-6-16(7-5-13)39-26(30)31/h4-12,26H,1-3H3,(H,32,35). The number of rotatable bonds is 8. The molecule has 204 valence electrons. The van der Waals surface area contributed by atoms with E-state index in [4.69, 9.17) is 9.47 Å². The van der Waals surface area contributed by atoms with Gasteiger partial charge in [0.05, 0.1) is 25.5 Å². The molecule has 0 aliphatic heterocycles. The van der Waals surface area contributed by atoms with E-state index in [1.54, 1.807) is 0 Å². The molecule has 0 saturated heterocycles. The highest BCUT2D eigenvalue weighted by Crippen LogP contribution is 2.34. The van der Waals surface area contributed by atoms with Crippen LogP contribution in [0.3, 0.4) is 0 Å². The van der Waals surface area contributed by atoms with Crippen molar-refractivity contribution in [3.05, 3.63) is 88.0 Å². The number of carbonyl (C=O) groups is 1. The molecule has 1 aromatic heterocycles. The van der Waals surface area contributed by atoms with Crippen molar-refractivity contribution < 1.29 is 41.0 Å². The summed E-state index contributed by atoms with van der Waals surface area (Å²) in [6.07, 6.45) is 0. The Morgan fingerprint density at radius 1 is 0.872 bits per heavy atom. The topological polar surface area (TPSA) is 83.7 Å². The molecule has 0 saturated carbocycles. The molecule has 0 spiro atoms. The van der Waals surface area contributed by atoms with E-state index in [1.807, 2.05) is 0 Å². The van der Waals surface area contributed by atoms with Crippen LogP contribution in [0, 0.1) is 17.5 Å². The summed E-state index contributed by atoms with van der Waals surface area (Å²) in [5.74, 6) is -4.19. The summed E-state index contributed by atoms with van der Waals surface area (Å²) in [7, 11) is 3.77.